The first-order valence-electron chi connectivity index (χ1n) is 6.85. The highest BCUT2D eigenvalue weighted by molar-refractivity contribution is 5.84. The molecule has 8 atom stereocenters. The van der Waals surface area contributed by atoms with Gasteiger partial charge in [-0.15, -0.1) is 0 Å². The number of Topliss-reactive ketones (excluding diaryl/α,β-unsaturated/α-hetero) is 1. The van der Waals surface area contributed by atoms with Gasteiger partial charge in [-0.3, -0.25) is 4.79 Å². The van der Waals surface area contributed by atoms with Gasteiger partial charge in [0.05, 0.1) is 13.2 Å². The molecule has 1 aliphatic rings. The zero-order chi connectivity index (χ0) is 17.7. The van der Waals surface area contributed by atoms with E-state index in [9.17, 15) is 30.3 Å². The van der Waals surface area contributed by atoms with E-state index < -0.39 is 74.6 Å². The average Bonchev–Trinajstić information content (AvgIpc) is 2.57. The summed E-state index contributed by atoms with van der Waals surface area (Å²) >= 11 is 0. The molecule has 23 heavy (non-hydrogen) atoms. The molecule has 11 heteroatoms. The smallest absolute Gasteiger partial charge is 0.189 e. The van der Waals surface area contributed by atoms with Gasteiger partial charge in [-0.1, -0.05) is 0 Å². The van der Waals surface area contributed by atoms with Crippen LogP contribution in [0.5, 0.6) is 0 Å². The van der Waals surface area contributed by atoms with Crippen LogP contribution < -0.4 is 0 Å². The Morgan fingerprint density at radius 2 is 1.65 bits per heavy atom. The molecule has 1 aliphatic heterocycles. The van der Waals surface area contributed by atoms with Crippen molar-refractivity contribution in [1.82, 2.24) is 0 Å². The summed E-state index contributed by atoms with van der Waals surface area (Å²) in [5.74, 6) is -1.08. The van der Waals surface area contributed by atoms with Crippen molar-refractivity contribution in [3.63, 3.8) is 0 Å². The summed E-state index contributed by atoms with van der Waals surface area (Å²) in [6.07, 6.45) is -13.9. The van der Waals surface area contributed by atoms with Gasteiger partial charge in [0.25, 0.3) is 0 Å². The minimum absolute atomic E-state index is 0.731. The monoisotopic (exact) mass is 342 g/mol. The molecule has 0 radical (unpaired) electrons. The second kappa shape index (κ2) is 8.94. The Labute approximate surface area is 130 Å². The van der Waals surface area contributed by atoms with Crippen molar-refractivity contribution in [2.45, 2.75) is 49.0 Å². The highest BCUT2D eigenvalue weighted by Crippen LogP contribution is 2.24. The Hall–Kier alpha value is -0.730. The number of rotatable bonds is 8. The molecular weight excluding hydrogens is 320 g/mol. The van der Waals surface area contributed by atoms with E-state index in [2.05, 4.69) is 0 Å². The topological polar surface area (TPSA) is 197 Å². The van der Waals surface area contributed by atoms with Crippen molar-refractivity contribution in [3.8, 4) is 0 Å². The van der Waals surface area contributed by atoms with Crippen molar-refractivity contribution in [2.75, 3.05) is 19.8 Å². The molecule has 0 aromatic rings. The second-order valence-electron chi connectivity index (χ2n) is 5.12. The fourth-order valence-corrected chi connectivity index (χ4v) is 2.07. The minimum Gasteiger partial charge on any atom is -0.394 e. The molecule has 11 nitrogen and oxygen atoms in total. The summed E-state index contributed by atoms with van der Waals surface area (Å²) in [7, 11) is 0. The van der Waals surface area contributed by atoms with Crippen LogP contribution in [-0.4, -0.2) is 115 Å². The maximum absolute atomic E-state index is 11.6. The third kappa shape index (κ3) is 4.64. The van der Waals surface area contributed by atoms with E-state index >= 15 is 0 Å². The lowest BCUT2D eigenvalue weighted by atomic mass is 9.98. The average molecular weight is 342 g/mol. The molecule has 136 valence electrons. The maximum Gasteiger partial charge on any atom is 0.189 e. The minimum atomic E-state index is -1.95. The van der Waals surface area contributed by atoms with Crippen molar-refractivity contribution in [3.05, 3.63) is 0 Å². The number of hydrogen-bond donors (Lipinski definition) is 8. The first kappa shape index (κ1) is 20.3. The van der Waals surface area contributed by atoms with Gasteiger partial charge in [0.15, 0.2) is 12.1 Å². The number of carbonyl (C=O) groups excluding carboxylic acids is 1. The highest BCUT2D eigenvalue weighted by atomic mass is 16.7. The number of ether oxygens (including phenoxy) is 2. The van der Waals surface area contributed by atoms with Crippen LogP contribution in [0.25, 0.3) is 0 Å². The summed E-state index contributed by atoms with van der Waals surface area (Å²) in [5, 5.41) is 74.9. The Kier molecular flexibility index (Phi) is 7.89. The van der Waals surface area contributed by atoms with E-state index in [1.54, 1.807) is 0 Å². The van der Waals surface area contributed by atoms with E-state index in [0.717, 1.165) is 0 Å². The Morgan fingerprint density at radius 1 is 1.04 bits per heavy atom. The summed E-state index contributed by atoms with van der Waals surface area (Å²) in [6.45, 7) is -2.71. The first-order valence-corrected chi connectivity index (χ1v) is 6.85. The standard InChI is InChI=1S/C12H22O11/c13-1-4(16)7(18)11(5(17)2-14)23-12-10(21)9(20)8(19)6(3-15)22-12/h4,6-16,18-21H,1-3H2/t4-,6-,7-,8-,9+,10-,11-,12?/m1/s1. The van der Waals surface area contributed by atoms with E-state index in [1.807, 2.05) is 0 Å². The van der Waals surface area contributed by atoms with Gasteiger partial charge in [-0.05, 0) is 0 Å². The molecule has 0 aromatic heterocycles. The Bertz CT molecular complexity index is 376. The predicted molar refractivity (Wildman–Crippen MR) is 69.8 cm³/mol. The molecule has 1 rings (SSSR count). The Balaban J connectivity index is 2.91. The molecule has 0 spiro atoms. The molecule has 1 unspecified atom stereocenters. The van der Waals surface area contributed by atoms with Crippen LogP contribution in [0, 0.1) is 0 Å². The lowest BCUT2D eigenvalue weighted by Gasteiger charge is -2.41. The summed E-state index contributed by atoms with van der Waals surface area (Å²) in [4.78, 5) is 11.6. The van der Waals surface area contributed by atoms with Crippen LogP contribution in [0.2, 0.25) is 0 Å². The molecule has 0 aliphatic carbocycles. The van der Waals surface area contributed by atoms with Crippen LogP contribution in [-0.2, 0) is 14.3 Å². The molecule has 1 saturated heterocycles. The number of aliphatic hydroxyl groups excluding tert-OH is 8. The predicted octanol–water partition coefficient (Wildman–Crippen LogP) is -5.55. The number of aliphatic hydroxyl groups is 8. The van der Waals surface area contributed by atoms with Crippen molar-refractivity contribution < 1.29 is 55.1 Å². The van der Waals surface area contributed by atoms with E-state index in [4.69, 9.17) is 24.8 Å². The van der Waals surface area contributed by atoms with Crippen molar-refractivity contribution in [2.24, 2.45) is 0 Å². The zero-order valence-corrected chi connectivity index (χ0v) is 12.0. The molecular formula is C12H22O11. The van der Waals surface area contributed by atoms with Crippen LogP contribution in [0.15, 0.2) is 0 Å². The normalized spacial score (nSPS) is 35.6. The lowest BCUT2D eigenvalue weighted by molar-refractivity contribution is -0.315. The maximum atomic E-state index is 11.6. The summed E-state index contributed by atoms with van der Waals surface area (Å²) in [6, 6.07) is 0. The summed E-state index contributed by atoms with van der Waals surface area (Å²) < 4.78 is 10.0. The van der Waals surface area contributed by atoms with Gasteiger partial charge in [-0.2, -0.15) is 0 Å². The van der Waals surface area contributed by atoms with Crippen LogP contribution in [0.4, 0.5) is 0 Å². The fraction of sp³-hybridized carbons (Fsp3) is 0.917. The van der Waals surface area contributed by atoms with Gasteiger partial charge in [-0.25, -0.2) is 0 Å². The Morgan fingerprint density at radius 3 is 2.13 bits per heavy atom. The molecule has 0 amide bonds. The van der Waals surface area contributed by atoms with Gasteiger partial charge in [0.1, 0.15) is 49.3 Å². The third-order valence-electron chi connectivity index (χ3n) is 3.49. The zero-order valence-electron chi connectivity index (χ0n) is 12.0. The van der Waals surface area contributed by atoms with Crippen LogP contribution >= 0.6 is 0 Å². The molecule has 1 heterocycles. The first-order chi connectivity index (χ1) is 10.8. The third-order valence-corrected chi connectivity index (χ3v) is 3.49. The van der Waals surface area contributed by atoms with Crippen LogP contribution in [0.3, 0.4) is 0 Å². The van der Waals surface area contributed by atoms with E-state index in [0.29, 0.717) is 0 Å². The molecule has 1 fully saturated rings. The van der Waals surface area contributed by atoms with Gasteiger partial charge in [0, 0.05) is 0 Å². The second-order valence-corrected chi connectivity index (χ2v) is 5.12. The SMILES string of the molecule is O=C(CO)[C@@H](OC1O[C@H](CO)[C@@H](O)[C@H](O)[C@H]1O)[C@H](O)[C@H](O)CO. The van der Waals surface area contributed by atoms with Gasteiger partial charge in [0.2, 0.25) is 0 Å². The summed E-state index contributed by atoms with van der Waals surface area (Å²) in [5.41, 5.74) is 0. The van der Waals surface area contributed by atoms with Gasteiger partial charge < -0.3 is 50.3 Å². The molecule has 8 N–H and O–H groups in total. The van der Waals surface area contributed by atoms with Gasteiger partial charge >= 0.3 is 0 Å². The molecule has 0 saturated carbocycles. The fourth-order valence-electron chi connectivity index (χ4n) is 2.07. The van der Waals surface area contributed by atoms with E-state index in [1.165, 1.54) is 0 Å². The van der Waals surface area contributed by atoms with Crippen molar-refractivity contribution >= 4 is 5.78 Å². The lowest BCUT2D eigenvalue weighted by Crippen LogP contribution is -2.61. The van der Waals surface area contributed by atoms with Crippen LogP contribution in [0.1, 0.15) is 0 Å². The van der Waals surface area contributed by atoms with E-state index in [-0.39, 0.29) is 0 Å². The largest absolute Gasteiger partial charge is 0.394 e. The number of hydrogen-bond acceptors (Lipinski definition) is 11. The molecule has 0 aromatic carbocycles. The number of ketones is 1. The highest BCUT2D eigenvalue weighted by Gasteiger charge is 2.46. The molecule has 0 bridgehead atoms. The van der Waals surface area contributed by atoms with Crippen molar-refractivity contribution in [1.29, 1.82) is 0 Å². The number of carbonyl (C=O) groups is 1. The quantitative estimate of drug-likeness (QED) is 0.209.